The standard InChI is InChI=1S/C17H24BNO3/c1-16(2)17(3,4)22-18(21-16)13-8-6-12(7-9-13)15(20)19(5)14-10-11-14/h6-9,14H,10-11H2,1-5H3. The molecule has 3 rings (SSSR count). The monoisotopic (exact) mass is 301 g/mol. The molecular weight excluding hydrogens is 277 g/mol. The lowest BCUT2D eigenvalue weighted by Crippen LogP contribution is -2.41. The van der Waals surface area contributed by atoms with Crippen LogP contribution in [-0.4, -0.2) is 42.2 Å². The zero-order chi connectivity index (χ0) is 16.1. The number of carbonyl (C=O) groups excluding carboxylic acids is 1. The molecule has 0 aromatic heterocycles. The van der Waals surface area contributed by atoms with Crippen molar-refractivity contribution in [1.29, 1.82) is 0 Å². The van der Waals surface area contributed by atoms with Crippen LogP contribution in [0.5, 0.6) is 0 Å². The van der Waals surface area contributed by atoms with Gasteiger partial charge in [0.2, 0.25) is 0 Å². The number of hydrogen-bond acceptors (Lipinski definition) is 3. The molecule has 0 unspecified atom stereocenters. The van der Waals surface area contributed by atoms with Crippen molar-refractivity contribution in [3.8, 4) is 0 Å². The van der Waals surface area contributed by atoms with Gasteiger partial charge in [0, 0.05) is 18.7 Å². The van der Waals surface area contributed by atoms with Crippen molar-refractivity contribution < 1.29 is 14.1 Å². The summed E-state index contributed by atoms with van der Waals surface area (Å²) in [7, 11) is 1.50. The van der Waals surface area contributed by atoms with Crippen molar-refractivity contribution in [2.75, 3.05) is 7.05 Å². The Morgan fingerprint density at radius 1 is 1.09 bits per heavy atom. The van der Waals surface area contributed by atoms with Crippen molar-refractivity contribution in [1.82, 2.24) is 4.90 Å². The predicted octanol–water partition coefficient (Wildman–Crippen LogP) is 2.22. The number of hydrogen-bond donors (Lipinski definition) is 0. The first-order valence-electron chi connectivity index (χ1n) is 7.94. The van der Waals surface area contributed by atoms with Crippen LogP contribution in [0.15, 0.2) is 24.3 Å². The highest BCUT2D eigenvalue weighted by atomic mass is 16.7. The topological polar surface area (TPSA) is 38.8 Å². The van der Waals surface area contributed by atoms with Gasteiger partial charge in [-0.15, -0.1) is 0 Å². The van der Waals surface area contributed by atoms with E-state index in [0.29, 0.717) is 6.04 Å². The molecule has 1 aromatic carbocycles. The smallest absolute Gasteiger partial charge is 0.399 e. The van der Waals surface area contributed by atoms with E-state index in [1.807, 2.05) is 63.9 Å². The number of nitrogens with zero attached hydrogens (tertiary/aromatic N) is 1. The van der Waals surface area contributed by atoms with Crippen LogP contribution >= 0.6 is 0 Å². The van der Waals surface area contributed by atoms with Crippen LogP contribution in [0.4, 0.5) is 0 Å². The summed E-state index contributed by atoms with van der Waals surface area (Å²) in [6, 6.07) is 8.00. The lowest BCUT2D eigenvalue weighted by atomic mass is 9.79. The summed E-state index contributed by atoms with van der Waals surface area (Å²) in [5.74, 6) is 0.0861. The Balaban J connectivity index is 1.74. The van der Waals surface area contributed by atoms with E-state index in [4.69, 9.17) is 9.31 Å². The number of amides is 1. The molecule has 2 aliphatic rings. The molecule has 1 aromatic rings. The second-order valence-corrected chi connectivity index (χ2v) is 7.36. The Morgan fingerprint density at radius 3 is 2.05 bits per heavy atom. The molecule has 22 heavy (non-hydrogen) atoms. The lowest BCUT2D eigenvalue weighted by molar-refractivity contribution is 0.00578. The van der Waals surface area contributed by atoms with Gasteiger partial charge in [0.25, 0.3) is 5.91 Å². The molecule has 118 valence electrons. The van der Waals surface area contributed by atoms with Gasteiger partial charge in [0.15, 0.2) is 0 Å². The summed E-state index contributed by atoms with van der Waals surface area (Å²) in [5, 5.41) is 0. The number of rotatable bonds is 3. The second kappa shape index (κ2) is 5.10. The van der Waals surface area contributed by atoms with Crippen LogP contribution in [0.3, 0.4) is 0 Å². The highest BCUT2D eigenvalue weighted by Crippen LogP contribution is 2.36. The normalized spacial score (nSPS) is 22.7. The van der Waals surface area contributed by atoms with E-state index in [1.165, 1.54) is 0 Å². The van der Waals surface area contributed by atoms with E-state index in [0.717, 1.165) is 23.9 Å². The summed E-state index contributed by atoms with van der Waals surface area (Å²) in [4.78, 5) is 14.2. The SMILES string of the molecule is CN(C(=O)c1ccc(B2OC(C)(C)C(C)(C)O2)cc1)C1CC1. The van der Waals surface area contributed by atoms with E-state index in [2.05, 4.69) is 0 Å². The number of carbonyl (C=O) groups is 1. The zero-order valence-electron chi connectivity index (χ0n) is 14.1. The Kier molecular flexibility index (Phi) is 3.61. The van der Waals surface area contributed by atoms with Crippen LogP contribution in [0.1, 0.15) is 50.9 Å². The molecule has 2 fully saturated rings. The molecular formula is C17H24BNO3. The Bertz CT molecular complexity index is 562. The molecule has 1 aliphatic heterocycles. The molecule has 1 aliphatic carbocycles. The average Bonchev–Trinajstić information content (AvgIpc) is 3.26. The first-order chi connectivity index (χ1) is 10.2. The van der Waals surface area contributed by atoms with Crippen LogP contribution in [0.2, 0.25) is 0 Å². The zero-order valence-corrected chi connectivity index (χ0v) is 14.1. The highest BCUT2D eigenvalue weighted by Gasteiger charge is 2.51. The minimum atomic E-state index is -0.379. The van der Waals surface area contributed by atoms with Gasteiger partial charge in [-0.05, 0) is 58.1 Å². The summed E-state index contributed by atoms with van der Waals surface area (Å²) in [6.45, 7) is 8.15. The lowest BCUT2D eigenvalue weighted by Gasteiger charge is -2.32. The summed E-state index contributed by atoms with van der Waals surface area (Å²) in [5.41, 5.74) is 0.968. The van der Waals surface area contributed by atoms with Crippen LogP contribution in [-0.2, 0) is 9.31 Å². The molecule has 0 radical (unpaired) electrons. The fourth-order valence-electron chi connectivity index (χ4n) is 2.59. The van der Waals surface area contributed by atoms with Gasteiger partial charge < -0.3 is 14.2 Å². The molecule has 5 heteroatoms. The molecule has 1 amide bonds. The van der Waals surface area contributed by atoms with Crippen LogP contribution in [0.25, 0.3) is 0 Å². The average molecular weight is 301 g/mol. The maximum Gasteiger partial charge on any atom is 0.494 e. The van der Waals surface area contributed by atoms with Crippen LogP contribution in [0, 0.1) is 0 Å². The second-order valence-electron chi connectivity index (χ2n) is 7.36. The van der Waals surface area contributed by atoms with Gasteiger partial charge in [-0.1, -0.05) is 12.1 Å². The third-order valence-corrected chi connectivity index (χ3v) is 5.10. The predicted molar refractivity (Wildman–Crippen MR) is 87.3 cm³/mol. The molecule has 0 spiro atoms. The van der Waals surface area contributed by atoms with Gasteiger partial charge in [0.1, 0.15) is 0 Å². The third-order valence-electron chi connectivity index (χ3n) is 5.10. The van der Waals surface area contributed by atoms with Crippen molar-refractivity contribution >= 4 is 18.5 Å². The number of benzene rings is 1. The Morgan fingerprint density at radius 2 is 1.59 bits per heavy atom. The largest absolute Gasteiger partial charge is 0.494 e. The van der Waals surface area contributed by atoms with E-state index in [-0.39, 0.29) is 24.2 Å². The quantitative estimate of drug-likeness (QED) is 0.804. The molecule has 1 heterocycles. The van der Waals surface area contributed by atoms with Crippen molar-refractivity contribution in [3.05, 3.63) is 29.8 Å². The molecule has 0 N–H and O–H groups in total. The summed E-state index contributed by atoms with van der Waals surface area (Å²) >= 11 is 0. The van der Waals surface area contributed by atoms with E-state index >= 15 is 0 Å². The first kappa shape index (κ1) is 15.6. The van der Waals surface area contributed by atoms with Crippen molar-refractivity contribution in [2.45, 2.75) is 57.8 Å². The first-order valence-corrected chi connectivity index (χ1v) is 7.94. The maximum absolute atomic E-state index is 12.3. The molecule has 1 saturated heterocycles. The van der Waals surface area contributed by atoms with Crippen molar-refractivity contribution in [3.63, 3.8) is 0 Å². The summed E-state index contributed by atoms with van der Waals surface area (Å²) in [6.07, 6.45) is 2.24. The van der Waals surface area contributed by atoms with Crippen LogP contribution < -0.4 is 5.46 Å². The van der Waals surface area contributed by atoms with Crippen molar-refractivity contribution in [2.24, 2.45) is 0 Å². The van der Waals surface area contributed by atoms with Gasteiger partial charge in [-0.25, -0.2) is 0 Å². The Labute approximate surface area is 132 Å². The molecule has 0 bridgehead atoms. The minimum absolute atomic E-state index is 0.0861. The molecule has 4 nitrogen and oxygen atoms in total. The van der Waals surface area contributed by atoms with E-state index < -0.39 is 0 Å². The van der Waals surface area contributed by atoms with Gasteiger partial charge in [0.05, 0.1) is 11.2 Å². The Hall–Kier alpha value is -1.33. The molecule has 1 saturated carbocycles. The maximum atomic E-state index is 12.3. The van der Waals surface area contributed by atoms with E-state index in [9.17, 15) is 4.79 Å². The summed E-state index contributed by atoms with van der Waals surface area (Å²) < 4.78 is 12.1. The molecule has 0 atom stereocenters. The minimum Gasteiger partial charge on any atom is -0.399 e. The fourth-order valence-corrected chi connectivity index (χ4v) is 2.59. The van der Waals surface area contributed by atoms with Gasteiger partial charge in [-0.2, -0.15) is 0 Å². The van der Waals surface area contributed by atoms with Gasteiger partial charge in [-0.3, -0.25) is 4.79 Å². The van der Waals surface area contributed by atoms with E-state index in [1.54, 1.807) is 0 Å². The van der Waals surface area contributed by atoms with Gasteiger partial charge >= 0.3 is 7.12 Å². The third kappa shape index (κ3) is 2.68. The fraction of sp³-hybridized carbons (Fsp3) is 0.588. The highest BCUT2D eigenvalue weighted by molar-refractivity contribution is 6.62.